The average Bonchev–Trinajstić information content (AvgIpc) is 2.47. The molecule has 0 unspecified atom stereocenters. The van der Waals surface area contributed by atoms with Crippen molar-refractivity contribution in [1.82, 2.24) is 0 Å². The van der Waals surface area contributed by atoms with E-state index in [-0.39, 0.29) is 0 Å². The first-order valence-electron chi connectivity index (χ1n) is 5.40. The molecule has 1 heterocycles. The van der Waals surface area contributed by atoms with Crippen LogP contribution in [0.4, 0.5) is 5.69 Å². The summed E-state index contributed by atoms with van der Waals surface area (Å²) < 4.78 is 0. The Morgan fingerprint density at radius 1 is 0.857 bits per heavy atom. The van der Waals surface area contributed by atoms with Crippen molar-refractivity contribution < 1.29 is 5.11 Å². The number of phenols is 1. The molecule has 0 aromatic heterocycles. The van der Waals surface area contributed by atoms with E-state index in [2.05, 4.69) is 4.90 Å². The Kier molecular flexibility index (Phi) is 2.92. The fourth-order valence-electron chi connectivity index (χ4n) is 1.99. The highest BCUT2D eigenvalue weighted by Gasteiger charge is 2.08. The molecule has 1 saturated heterocycles. The van der Waals surface area contributed by atoms with E-state index in [1.54, 1.807) is 12.1 Å². The van der Waals surface area contributed by atoms with Crippen LogP contribution in [0.1, 0.15) is 25.7 Å². The smallest absolute Gasteiger partial charge is 0.115 e. The van der Waals surface area contributed by atoms with E-state index in [0.717, 1.165) is 13.1 Å². The SMILES string of the molecule is Oc1ccc(N2CCCCCC2)cc1. The number of nitrogens with zero attached hydrogens (tertiary/aromatic N) is 1. The molecule has 1 aromatic rings. The maximum Gasteiger partial charge on any atom is 0.115 e. The summed E-state index contributed by atoms with van der Waals surface area (Å²) in [7, 11) is 0. The van der Waals surface area contributed by atoms with Crippen LogP contribution < -0.4 is 4.90 Å². The van der Waals surface area contributed by atoms with E-state index in [4.69, 9.17) is 0 Å². The van der Waals surface area contributed by atoms with E-state index in [1.165, 1.54) is 31.4 Å². The van der Waals surface area contributed by atoms with Gasteiger partial charge in [-0.05, 0) is 37.1 Å². The average molecular weight is 191 g/mol. The van der Waals surface area contributed by atoms with Gasteiger partial charge in [-0.2, -0.15) is 0 Å². The maximum absolute atomic E-state index is 9.19. The van der Waals surface area contributed by atoms with E-state index < -0.39 is 0 Å². The van der Waals surface area contributed by atoms with Crippen molar-refractivity contribution in [3.63, 3.8) is 0 Å². The lowest BCUT2D eigenvalue weighted by Crippen LogP contribution is -2.23. The minimum Gasteiger partial charge on any atom is -0.508 e. The molecule has 0 amide bonds. The van der Waals surface area contributed by atoms with Gasteiger partial charge in [0, 0.05) is 18.8 Å². The Morgan fingerprint density at radius 2 is 1.43 bits per heavy atom. The lowest BCUT2D eigenvalue weighted by molar-refractivity contribution is 0.475. The molecule has 2 nitrogen and oxygen atoms in total. The molecule has 1 aliphatic heterocycles. The molecule has 0 atom stereocenters. The van der Waals surface area contributed by atoms with Crippen LogP contribution in [0.3, 0.4) is 0 Å². The van der Waals surface area contributed by atoms with Crippen LogP contribution in [0.25, 0.3) is 0 Å². The minimum absolute atomic E-state index is 0.351. The van der Waals surface area contributed by atoms with Crippen molar-refractivity contribution in [3.05, 3.63) is 24.3 Å². The van der Waals surface area contributed by atoms with Gasteiger partial charge in [0.25, 0.3) is 0 Å². The van der Waals surface area contributed by atoms with Crippen molar-refractivity contribution in [2.45, 2.75) is 25.7 Å². The van der Waals surface area contributed by atoms with Crippen molar-refractivity contribution >= 4 is 5.69 Å². The number of hydrogen-bond donors (Lipinski definition) is 1. The minimum atomic E-state index is 0.351. The molecule has 14 heavy (non-hydrogen) atoms. The fourth-order valence-corrected chi connectivity index (χ4v) is 1.99. The molecule has 0 spiro atoms. The Balaban J connectivity index is 2.08. The second kappa shape index (κ2) is 4.36. The van der Waals surface area contributed by atoms with E-state index >= 15 is 0 Å². The summed E-state index contributed by atoms with van der Waals surface area (Å²) in [5.74, 6) is 0.351. The standard InChI is InChI=1S/C12H17NO/c14-12-7-5-11(6-8-12)13-9-3-1-2-4-10-13/h5-8,14H,1-4,9-10H2. The summed E-state index contributed by atoms with van der Waals surface area (Å²) in [5.41, 5.74) is 1.24. The molecular formula is C12H17NO. The number of phenolic OH excluding ortho intramolecular Hbond substituents is 1. The Morgan fingerprint density at radius 3 is 2.00 bits per heavy atom. The quantitative estimate of drug-likeness (QED) is 0.737. The van der Waals surface area contributed by atoms with Gasteiger partial charge < -0.3 is 10.0 Å². The van der Waals surface area contributed by atoms with Crippen molar-refractivity contribution in [3.8, 4) is 5.75 Å². The molecule has 76 valence electrons. The summed E-state index contributed by atoms with van der Waals surface area (Å²) in [6.45, 7) is 2.32. The summed E-state index contributed by atoms with van der Waals surface area (Å²) in [6.07, 6.45) is 5.30. The van der Waals surface area contributed by atoms with E-state index in [9.17, 15) is 5.11 Å². The van der Waals surface area contributed by atoms with E-state index in [1.807, 2.05) is 12.1 Å². The zero-order valence-corrected chi connectivity index (χ0v) is 8.45. The fraction of sp³-hybridized carbons (Fsp3) is 0.500. The number of anilines is 1. The molecule has 1 N–H and O–H groups in total. The molecule has 1 aromatic carbocycles. The van der Waals surface area contributed by atoms with Gasteiger partial charge in [0.1, 0.15) is 5.75 Å². The molecule has 2 rings (SSSR count). The molecular weight excluding hydrogens is 174 g/mol. The van der Waals surface area contributed by atoms with Gasteiger partial charge in [-0.1, -0.05) is 12.8 Å². The molecule has 0 radical (unpaired) electrons. The predicted octanol–water partition coefficient (Wildman–Crippen LogP) is 2.77. The first-order valence-corrected chi connectivity index (χ1v) is 5.40. The summed E-state index contributed by atoms with van der Waals surface area (Å²) in [5, 5.41) is 9.19. The van der Waals surface area contributed by atoms with Gasteiger partial charge in [0.05, 0.1) is 0 Å². The molecule has 2 heteroatoms. The lowest BCUT2D eigenvalue weighted by atomic mass is 10.2. The maximum atomic E-state index is 9.19. The molecule has 1 fully saturated rings. The van der Waals surface area contributed by atoms with Crippen LogP contribution in [0, 0.1) is 0 Å². The zero-order valence-electron chi connectivity index (χ0n) is 8.45. The Hall–Kier alpha value is -1.18. The van der Waals surface area contributed by atoms with Gasteiger partial charge in [-0.15, -0.1) is 0 Å². The first-order chi connectivity index (χ1) is 6.86. The second-order valence-corrected chi connectivity index (χ2v) is 3.92. The van der Waals surface area contributed by atoms with Crippen LogP contribution in [0.15, 0.2) is 24.3 Å². The second-order valence-electron chi connectivity index (χ2n) is 3.92. The lowest BCUT2D eigenvalue weighted by Gasteiger charge is -2.22. The molecule has 0 bridgehead atoms. The number of aromatic hydroxyl groups is 1. The van der Waals surface area contributed by atoms with Crippen LogP contribution in [-0.4, -0.2) is 18.2 Å². The van der Waals surface area contributed by atoms with Crippen molar-refractivity contribution in [2.75, 3.05) is 18.0 Å². The van der Waals surface area contributed by atoms with Crippen molar-refractivity contribution in [1.29, 1.82) is 0 Å². The number of benzene rings is 1. The van der Waals surface area contributed by atoms with E-state index in [0.29, 0.717) is 5.75 Å². The first kappa shape index (κ1) is 9.38. The van der Waals surface area contributed by atoms with Crippen LogP contribution in [0.2, 0.25) is 0 Å². The van der Waals surface area contributed by atoms with Crippen LogP contribution in [0.5, 0.6) is 5.75 Å². The normalized spacial score (nSPS) is 17.9. The van der Waals surface area contributed by atoms with Crippen LogP contribution in [-0.2, 0) is 0 Å². The largest absolute Gasteiger partial charge is 0.508 e. The van der Waals surface area contributed by atoms with Gasteiger partial charge in [0.2, 0.25) is 0 Å². The topological polar surface area (TPSA) is 23.5 Å². The summed E-state index contributed by atoms with van der Waals surface area (Å²) in [6, 6.07) is 7.53. The van der Waals surface area contributed by atoms with Crippen molar-refractivity contribution in [2.24, 2.45) is 0 Å². The van der Waals surface area contributed by atoms with Crippen LogP contribution >= 0.6 is 0 Å². The van der Waals surface area contributed by atoms with Gasteiger partial charge >= 0.3 is 0 Å². The Bertz CT molecular complexity index is 273. The summed E-state index contributed by atoms with van der Waals surface area (Å²) in [4.78, 5) is 2.41. The third-order valence-corrected chi connectivity index (χ3v) is 2.82. The predicted molar refractivity (Wildman–Crippen MR) is 58.8 cm³/mol. The van der Waals surface area contributed by atoms with Gasteiger partial charge in [-0.25, -0.2) is 0 Å². The highest BCUT2D eigenvalue weighted by atomic mass is 16.3. The monoisotopic (exact) mass is 191 g/mol. The summed E-state index contributed by atoms with van der Waals surface area (Å²) >= 11 is 0. The Labute approximate surface area is 85.2 Å². The van der Waals surface area contributed by atoms with Gasteiger partial charge in [-0.3, -0.25) is 0 Å². The third kappa shape index (κ3) is 2.19. The third-order valence-electron chi connectivity index (χ3n) is 2.82. The van der Waals surface area contributed by atoms with Gasteiger partial charge in [0.15, 0.2) is 0 Å². The molecule has 0 aliphatic carbocycles. The molecule has 1 aliphatic rings. The highest BCUT2D eigenvalue weighted by Crippen LogP contribution is 2.21. The number of rotatable bonds is 1. The molecule has 0 saturated carbocycles. The zero-order chi connectivity index (χ0) is 9.80. The highest BCUT2D eigenvalue weighted by molar-refractivity contribution is 5.48. The number of hydrogen-bond acceptors (Lipinski definition) is 2.